The standard InChI is InChI=1S/C14H18F3N3/c1-8-6-20(7-9(8)2)10-3-4-11(13(18)19)12(5-10)14(15,16)17/h3-5,8-9H,6-7H2,1-2H3,(H3,18,19). The van der Waals surface area contributed by atoms with Crippen LogP contribution in [0.15, 0.2) is 18.2 Å². The largest absolute Gasteiger partial charge is 0.417 e. The van der Waals surface area contributed by atoms with Gasteiger partial charge in [0.25, 0.3) is 0 Å². The highest BCUT2D eigenvalue weighted by Gasteiger charge is 2.35. The molecule has 0 amide bonds. The highest BCUT2D eigenvalue weighted by Crippen LogP contribution is 2.36. The number of hydrogen-bond donors (Lipinski definition) is 2. The zero-order chi connectivity index (χ0) is 15.1. The number of nitrogens with zero attached hydrogens (tertiary/aromatic N) is 1. The maximum atomic E-state index is 13.1. The van der Waals surface area contributed by atoms with E-state index in [0.29, 0.717) is 17.5 Å². The lowest BCUT2D eigenvalue weighted by Gasteiger charge is -2.21. The Morgan fingerprint density at radius 2 is 1.80 bits per heavy atom. The SMILES string of the molecule is CC1CN(c2ccc(C(=N)N)c(C(F)(F)F)c2)CC1C. The first-order valence-corrected chi connectivity index (χ1v) is 6.50. The van der Waals surface area contributed by atoms with E-state index in [0.717, 1.165) is 19.2 Å². The molecule has 110 valence electrons. The Labute approximate surface area is 116 Å². The quantitative estimate of drug-likeness (QED) is 0.648. The molecule has 3 N–H and O–H groups in total. The minimum atomic E-state index is -4.51. The lowest BCUT2D eigenvalue weighted by Crippen LogP contribution is -2.23. The molecule has 2 atom stereocenters. The maximum Gasteiger partial charge on any atom is 0.417 e. The molecule has 1 heterocycles. The molecular formula is C14H18F3N3. The van der Waals surface area contributed by atoms with Gasteiger partial charge < -0.3 is 10.6 Å². The Kier molecular flexibility index (Phi) is 3.67. The Balaban J connectivity index is 2.40. The van der Waals surface area contributed by atoms with E-state index in [1.165, 1.54) is 6.07 Å². The molecule has 20 heavy (non-hydrogen) atoms. The Morgan fingerprint density at radius 3 is 2.25 bits per heavy atom. The number of benzene rings is 1. The van der Waals surface area contributed by atoms with Crippen molar-refractivity contribution in [3.63, 3.8) is 0 Å². The second-order valence-electron chi connectivity index (χ2n) is 5.50. The summed E-state index contributed by atoms with van der Waals surface area (Å²) in [4.78, 5) is 1.95. The number of anilines is 1. The molecule has 0 aliphatic carbocycles. The summed E-state index contributed by atoms with van der Waals surface area (Å²) >= 11 is 0. The number of hydrogen-bond acceptors (Lipinski definition) is 2. The van der Waals surface area contributed by atoms with Gasteiger partial charge in [0.1, 0.15) is 5.84 Å². The van der Waals surface area contributed by atoms with Gasteiger partial charge in [0.05, 0.1) is 5.56 Å². The van der Waals surface area contributed by atoms with Gasteiger partial charge in [-0.2, -0.15) is 13.2 Å². The first-order valence-electron chi connectivity index (χ1n) is 6.50. The third-order valence-corrected chi connectivity index (χ3v) is 3.95. The Morgan fingerprint density at radius 1 is 1.25 bits per heavy atom. The van der Waals surface area contributed by atoms with Gasteiger partial charge in [-0.25, -0.2) is 0 Å². The van der Waals surface area contributed by atoms with Crippen LogP contribution >= 0.6 is 0 Å². The second kappa shape index (κ2) is 5.00. The third-order valence-electron chi connectivity index (χ3n) is 3.95. The van der Waals surface area contributed by atoms with Gasteiger partial charge in [-0.3, -0.25) is 5.41 Å². The smallest absolute Gasteiger partial charge is 0.384 e. The van der Waals surface area contributed by atoms with E-state index in [9.17, 15) is 13.2 Å². The minimum absolute atomic E-state index is 0.262. The molecule has 1 aromatic rings. The average Bonchev–Trinajstić information content (AvgIpc) is 2.67. The predicted octanol–water partition coefficient (Wildman–Crippen LogP) is 3.08. The maximum absolute atomic E-state index is 13.1. The second-order valence-corrected chi connectivity index (χ2v) is 5.50. The van der Waals surface area contributed by atoms with Crippen molar-refractivity contribution >= 4 is 11.5 Å². The molecule has 2 rings (SSSR count). The van der Waals surface area contributed by atoms with Gasteiger partial charge in [0.15, 0.2) is 0 Å². The number of nitrogen functional groups attached to an aromatic ring is 1. The predicted molar refractivity (Wildman–Crippen MR) is 73.0 cm³/mol. The molecule has 0 aromatic heterocycles. The summed E-state index contributed by atoms with van der Waals surface area (Å²) in [5.74, 6) is 0.348. The summed E-state index contributed by atoms with van der Waals surface area (Å²) in [6, 6.07) is 3.99. The Bertz CT molecular complexity index is 515. The van der Waals surface area contributed by atoms with Gasteiger partial charge in [-0.1, -0.05) is 13.8 Å². The number of nitrogens with two attached hydrogens (primary N) is 1. The number of alkyl halides is 3. The Hall–Kier alpha value is -1.72. The monoisotopic (exact) mass is 285 g/mol. The van der Waals surface area contributed by atoms with Gasteiger partial charge in [-0.05, 0) is 30.0 Å². The number of halogens is 3. The summed E-state index contributed by atoms with van der Waals surface area (Å²) in [7, 11) is 0. The number of rotatable bonds is 2. The molecule has 1 saturated heterocycles. The van der Waals surface area contributed by atoms with Crippen LogP contribution in [-0.2, 0) is 6.18 Å². The fraction of sp³-hybridized carbons (Fsp3) is 0.500. The van der Waals surface area contributed by atoms with E-state index >= 15 is 0 Å². The van der Waals surface area contributed by atoms with Crippen molar-refractivity contribution in [2.24, 2.45) is 17.6 Å². The summed E-state index contributed by atoms with van der Waals surface area (Å²) in [6.45, 7) is 5.69. The van der Waals surface area contributed by atoms with Crippen LogP contribution < -0.4 is 10.6 Å². The van der Waals surface area contributed by atoms with Crippen molar-refractivity contribution in [3.8, 4) is 0 Å². The zero-order valence-electron chi connectivity index (χ0n) is 11.5. The topological polar surface area (TPSA) is 53.1 Å². The summed E-state index contributed by atoms with van der Waals surface area (Å²) in [5.41, 5.74) is 4.67. The van der Waals surface area contributed by atoms with E-state index < -0.39 is 17.6 Å². The van der Waals surface area contributed by atoms with Crippen LogP contribution in [0.2, 0.25) is 0 Å². The molecular weight excluding hydrogens is 267 g/mol. The highest BCUT2D eigenvalue weighted by molar-refractivity contribution is 5.97. The van der Waals surface area contributed by atoms with E-state index in [1.54, 1.807) is 6.07 Å². The van der Waals surface area contributed by atoms with Crippen LogP contribution in [0, 0.1) is 17.2 Å². The van der Waals surface area contributed by atoms with Crippen LogP contribution in [0.1, 0.15) is 25.0 Å². The van der Waals surface area contributed by atoms with Gasteiger partial charge in [-0.15, -0.1) is 0 Å². The van der Waals surface area contributed by atoms with Gasteiger partial charge in [0, 0.05) is 24.3 Å². The highest BCUT2D eigenvalue weighted by atomic mass is 19.4. The molecule has 1 aliphatic heterocycles. The van der Waals surface area contributed by atoms with Gasteiger partial charge >= 0.3 is 6.18 Å². The summed E-state index contributed by atoms with van der Waals surface area (Å²) < 4.78 is 39.2. The summed E-state index contributed by atoms with van der Waals surface area (Å²) in [5, 5.41) is 7.26. The van der Waals surface area contributed by atoms with Crippen LogP contribution in [0.25, 0.3) is 0 Å². The zero-order valence-corrected chi connectivity index (χ0v) is 11.5. The normalized spacial score (nSPS) is 23.1. The first kappa shape index (κ1) is 14.7. The molecule has 3 nitrogen and oxygen atoms in total. The van der Waals surface area contributed by atoms with E-state index in [4.69, 9.17) is 11.1 Å². The van der Waals surface area contributed by atoms with Crippen LogP contribution in [0.5, 0.6) is 0 Å². The molecule has 6 heteroatoms. The molecule has 0 radical (unpaired) electrons. The molecule has 1 aliphatic rings. The first-order chi connectivity index (χ1) is 9.20. The van der Waals surface area contributed by atoms with Crippen molar-refractivity contribution in [2.45, 2.75) is 20.0 Å². The van der Waals surface area contributed by atoms with Crippen LogP contribution in [-0.4, -0.2) is 18.9 Å². The molecule has 0 spiro atoms. The average molecular weight is 285 g/mol. The van der Waals surface area contributed by atoms with Crippen molar-refractivity contribution < 1.29 is 13.2 Å². The third kappa shape index (κ3) is 2.73. The molecule has 1 aromatic carbocycles. The van der Waals surface area contributed by atoms with Gasteiger partial charge in [0.2, 0.25) is 0 Å². The minimum Gasteiger partial charge on any atom is -0.384 e. The number of amidine groups is 1. The molecule has 2 unspecified atom stereocenters. The van der Waals surface area contributed by atoms with Crippen molar-refractivity contribution in [1.82, 2.24) is 0 Å². The van der Waals surface area contributed by atoms with E-state index in [2.05, 4.69) is 13.8 Å². The van der Waals surface area contributed by atoms with Crippen molar-refractivity contribution in [2.75, 3.05) is 18.0 Å². The summed E-state index contributed by atoms with van der Waals surface area (Å²) in [6.07, 6.45) is -4.51. The lowest BCUT2D eigenvalue weighted by atomic mass is 10.0. The molecule has 0 bridgehead atoms. The molecule has 1 fully saturated rings. The lowest BCUT2D eigenvalue weighted by molar-refractivity contribution is -0.137. The fourth-order valence-electron chi connectivity index (χ4n) is 2.54. The van der Waals surface area contributed by atoms with E-state index in [-0.39, 0.29) is 5.56 Å². The van der Waals surface area contributed by atoms with Crippen LogP contribution in [0.3, 0.4) is 0 Å². The fourth-order valence-corrected chi connectivity index (χ4v) is 2.54. The van der Waals surface area contributed by atoms with Crippen LogP contribution in [0.4, 0.5) is 18.9 Å². The van der Waals surface area contributed by atoms with Crippen molar-refractivity contribution in [3.05, 3.63) is 29.3 Å². The van der Waals surface area contributed by atoms with Crippen molar-refractivity contribution in [1.29, 1.82) is 5.41 Å². The van der Waals surface area contributed by atoms with E-state index in [1.807, 2.05) is 4.90 Å². The number of nitrogens with one attached hydrogen (secondary N) is 1. The molecule has 0 saturated carbocycles.